The second kappa shape index (κ2) is 5.24. The van der Waals surface area contributed by atoms with E-state index in [1.807, 2.05) is 6.07 Å². The maximum atomic E-state index is 14.4. The van der Waals surface area contributed by atoms with Gasteiger partial charge in [-0.1, -0.05) is 6.42 Å². The van der Waals surface area contributed by atoms with Crippen LogP contribution in [0.15, 0.2) is 12.1 Å². The molecule has 0 unspecified atom stereocenters. The van der Waals surface area contributed by atoms with E-state index in [-0.39, 0.29) is 5.41 Å². The van der Waals surface area contributed by atoms with Gasteiger partial charge in [0.1, 0.15) is 17.2 Å². The molecule has 0 aliphatic heterocycles. The van der Waals surface area contributed by atoms with E-state index in [1.165, 1.54) is 13.8 Å². The minimum absolute atomic E-state index is 0.0718. The van der Waals surface area contributed by atoms with Crippen molar-refractivity contribution in [3.05, 3.63) is 23.3 Å². The van der Waals surface area contributed by atoms with Crippen molar-refractivity contribution in [2.45, 2.75) is 44.2 Å². The summed E-state index contributed by atoms with van der Waals surface area (Å²) in [6, 6.07) is 3.66. The zero-order chi connectivity index (χ0) is 15.0. The SMILES string of the molecule is COc1cc(OC)c(C2(CN)CCC2)cc1C(C)(C)F. The smallest absolute Gasteiger partial charge is 0.134 e. The fraction of sp³-hybridized carbons (Fsp3) is 0.625. The molecule has 0 atom stereocenters. The number of rotatable bonds is 5. The summed E-state index contributed by atoms with van der Waals surface area (Å²) in [5, 5.41) is 0. The molecule has 3 nitrogen and oxygen atoms in total. The van der Waals surface area contributed by atoms with E-state index in [2.05, 4.69) is 0 Å². The van der Waals surface area contributed by atoms with E-state index in [4.69, 9.17) is 15.2 Å². The van der Waals surface area contributed by atoms with Gasteiger partial charge >= 0.3 is 0 Å². The number of halogens is 1. The van der Waals surface area contributed by atoms with Crippen LogP contribution < -0.4 is 15.2 Å². The minimum atomic E-state index is -1.47. The Balaban J connectivity index is 2.61. The van der Waals surface area contributed by atoms with Crippen molar-refractivity contribution in [2.24, 2.45) is 5.73 Å². The van der Waals surface area contributed by atoms with Crippen LogP contribution >= 0.6 is 0 Å². The summed E-state index contributed by atoms with van der Waals surface area (Å²) < 4.78 is 25.2. The van der Waals surface area contributed by atoms with E-state index in [0.29, 0.717) is 17.9 Å². The van der Waals surface area contributed by atoms with Crippen molar-refractivity contribution in [1.29, 1.82) is 0 Å². The van der Waals surface area contributed by atoms with Crippen molar-refractivity contribution in [2.75, 3.05) is 20.8 Å². The standard InChI is InChI=1S/C16H24FNO2/c1-15(2,17)11-8-12(16(10-18)6-5-7-16)14(20-4)9-13(11)19-3/h8-9H,5-7,10,18H2,1-4H3. The molecule has 0 bridgehead atoms. The number of nitrogens with two attached hydrogens (primary N) is 1. The third-order valence-corrected chi connectivity index (χ3v) is 4.43. The molecular formula is C16H24FNO2. The summed E-state index contributed by atoms with van der Waals surface area (Å²) in [5.74, 6) is 1.25. The Bertz CT molecular complexity index is 484. The first kappa shape index (κ1) is 15.1. The van der Waals surface area contributed by atoms with Crippen molar-refractivity contribution in [1.82, 2.24) is 0 Å². The maximum absolute atomic E-state index is 14.4. The quantitative estimate of drug-likeness (QED) is 0.900. The molecule has 0 heterocycles. The van der Waals surface area contributed by atoms with Crippen molar-refractivity contribution < 1.29 is 13.9 Å². The van der Waals surface area contributed by atoms with E-state index < -0.39 is 5.67 Å². The summed E-state index contributed by atoms with van der Waals surface area (Å²) in [4.78, 5) is 0. The lowest BCUT2D eigenvalue weighted by Gasteiger charge is -2.42. The summed E-state index contributed by atoms with van der Waals surface area (Å²) in [6.45, 7) is 3.63. The Hall–Kier alpha value is -1.29. The molecular weight excluding hydrogens is 257 g/mol. The predicted octanol–water partition coefficient (Wildman–Crippen LogP) is 3.29. The van der Waals surface area contributed by atoms with Crippen LogP contribution in [0.1, 0.15) is 44.2 Å². The monoisotopic (exact) mass is 281 g/mol. The van der Waals surface area contributed by atoms with Gasteiger partial charge in [0, 0.05) is 29.2 Å². The molecule has 20 heavy (non-hydrogen) atoms. The molecule has 0 radical (unpaired) electrons. The van der Waals surface area contributed by atoms with Crippen LogP contribution in [0.3, 0.4) is 0 Å². The van der Waals surface area contributed by atoms with Crippen molar-refractivity contribution in [3.8, 4) is 11.5 Å². The molecule has 0 amide bonds. The lowest BCUT2D eigenvalue weighted by atomic mass is 9.64. The van der Waals surface area contributed by atoms with Gasteiger partial charge in [-0.3, -0.25) is 0 Å². The molecule has 1 aromatic rings. The zero-order valence-corrected chi connectivity index (χ0v) is 12.8. The Kier molecular flexibility index (Phi) is 3.96. The Labute approximate surface area is 120 Å². The van der Waals surface area contributed by atoms with Gasteiger partial charge < -0.3 is 15.2 Å². The van der Waals surface area contributed by atoms with Gasteiger partial charge in [0.15, 0.2) is 0 Å². The van der Waals surface area contributed by atoms with Crippen LogP contribution in [0.4, 0.5) is 4.39 Å². The molecule has 1 aliphatic rings. The number of hydrogen-bond acceptors (Lipinski definition) is 3. The fourth-order valence-corrected chi connectivity index (χ4v) is 2.96. The molecule has 0 spiro atoms. The van der Waals surface area contributed by atoms with Gasteiger partial charge in [-0.15, -0.1) is 0 Å². The van der Waals surface area contributed by atoms with Gasteiger partial charge in [0.05, 0.1) is 14.2 Å². The number of ether oxygens (including phenoxy) is 2. The molecule has 4 heteroatoms. The fourth-order valence-electron chi connectivity index (χ4n) is 2.96. The van der Waals surface area contributed by atoms with Crippen LogP contribution in [0.2, 0.25) is 0 Å². The highest BCUT2D eigenvalue weighted by atomic mass is 19.1. The van der Waals surface area contributed by atoms with Crippen molar-refractivity contribution in [3.63, 3.8) is 0 Å². The van der Waals surface area contributed by atoms with Crippen LogP contribution in [-0.4, -0.2) is 20.8 Å². The minimum Gasteiger partial charge on any atom is -0.496 e. The molecule has 1 aliphatic carbocycles. The van der Waals surface area contributed by atoms with Crippen LogP contribution in [0.25, 0.3) is 0 Å². The Morgan fingerprint density at radius 1 is 1.20 bits per heavy atom. The average molecular weight is 281 g/mol. The molecule has 1 fully saturated rings. The summed E-state index contributed by atoms with van der Waals surface area (Å²) in [7, 11) is 3.17. The summed E-state index contributed by atoms with van der Waals surface area (Å²) in [6.07, 6.45) is 3.21. The second-order valence-corrected chi connectivity index (χ2v) is 6.06. The first-order chi connectivity index (χ1) is 9.38. The maximum Gasteiger partial charge on any atom is 0.134 e. The number of methoxy groups -OCH3 is 2. The van der Waals surface area contributed by atoms with Crippen LogP contribution in [-0.2, 0) is 11.1 Å². The van der Waals surface area contributed by atoms with Gasteiger partial charge in [-0.05, 0) is 32.8 Å². The topological polar surface area (TPSA) is 44.5 Å². The molecule has 2 rings (SSSR count). The molecule has 1 saturated carbocycles. The third-order valence-electron chi connectivity index (χ3n) is 4.43. The average Bonchev–Trinajstić information content (AvgIpc) is 2.36. The van der Waals surface area contributed by atoms with Crippen LogP contribution in [0.5, 0.6) is 11.5 Å². The first-order valence-corrected chi connectivity index (χ1v) is 7.04. The van der Waals surface area contributed by atoms with Gasteiger partial charge in [-0.25, -0.2) is 4.39 Å². The lowest BCUT2D eigenvalue weighted by Crippen LogP contribution is -2.42. The number of benzene rings is 1. The zero-order valence-electron chi connectivity index (χ0n) is 12.8. The van der Waals surface area contributed by atoms with E-state index in [0.717, 1.165) is 30.6 Å². The molecule has 112 valence electrons. The van der Waals surface area contributed by atoms with Gasteiger partial charge in [0.25, 0.3) is 0 Å². The third kappa shape index (κ3) is 2.37. The molecule has 0 aromatic heterocycles. The van der Waals surface area contributed by atoms with Crippen molar-refractivity contribution >= 4 is 0 Å². The summed E-state index contributed by atoms with van der Waals surface area (Å²) in [5.41, 5.74) is 6.00. The number of alkyl halides is 1. The van der Waals surface area contributed by atoms with Gasteiger partial charge in [0.2, 0.25) is 0 Å². The van der Waals surface area contributed by atoms with E-state index in [9.17, 15) is 4.39 Å². The molecule has 1 aromatic carbocycles. The van der Waals surface area contributed by atoms with Crippen LogP contribution in [0, 0.1) is 0 Å². The normalized spacial score (nSPS) is 17.5. The molecule has 0 saturated heterocycles. The lowest BCUT2D eigenvalue weighted by molar-refractivity contribution is 0.209. The number of hydrogen-bond donors (Lipinski definition) is 1. The largest absolute Gasteiger partial charge is 0.496 e. The Morgan fingerprint density at radius 3 is 2.15 bits per heavy atom. The highest BCUT2D eigenvalue weighted by Gasteiger charge is 2.41. The second-order valence-electron chi connectivity index (χ2n) is 6.06. The first-order valence-electron chi connectivity index (χ1n) is 7.04. The molecule has 2 N–H and O–H groups in total. The van der Waals surface area contributed by atoms with E-state index >= 15 is 0 Å². The Morgan fingerprint density at radius 2 is 1.80 bits per heavy atom. The predicted molar refractivity (Wildman–Crippen MR) is 78.3 cm³/mol. The summed E-state index contributed by atoms with van der Waals surface area (Å²) >= 11 is 0. The highest BCUT2D eigenvalue weighted by Crippen LogP contribution is 2.49. The van der Waals surface area contributed by atoms with E-state index in [1.54, 1.807) is 20.3 Å². The highest BCUT2D eigenvalue weighted by molar-refractivity contribution is 5.52. The van der Waals surface area contributed by atoms with Gasteiger partial charge in [-0.2, -0.15) is 0 Å².